The molecule has 0 unspecified atom stereocenters. The van der Waals surface area contributed by atoms with E-state index in [4.69, 9.17) is 56.5 Å². The van der Waals surface area contributed by atoms with Crippen molar-refractivity contribution in [2.75, 3.05) is 197 Å². The summed E-state index contributed by atoms with van der Waals surface area (Å²) in [6.45, 7) is 18.5. The number of amides is 2. The third-order valence-corrected chi connectivity index (χ3v) is 19.7. The summed E-state index contributed by atoms with van der Waals surface area (Å²) < 4.78 is 23.4. The molecule has 0 saturated carbocycles. The Balaban J connectivity index is 0.00000172. The smallest absolute Gasteiger partial charge is 1.00 e. The molecular weight excluding hydrogens is 1990 g/mol. The van der Waals surface area contributed by atoms with E-state index in [0.29, 0.717) is 63.5 Å². The summed E-state index contributed by atoms with van der Waals surface area (Å²) in [4.78, 5) is 78.6. The summed E-state index contributed by atoms with van der Waals surface area (Å²) in [5.41, 5.74) is 21.8. The Morgan fingerprint density at radius 3 is 1.13 bits per heavy atom. The van der Waals surface area contributed by atoms with E-state index >= 15 is 0 Å². The van der Waals surface area contributed by atoms with Crippen molar-refractivity contribution in [2.45, 2.75) is 27.2 Å². The van der Waals surface area contributed by atoms with Crippen molar-refractivity contribution in [3.63, 3.8) is 0 Å². The second kappa shape index (κ2) is 56.3. The number of benzene rings is 6. The van der Waals surface area contributed by atoms with Crippen LogP contribution in [-0.2, 0) is 40.4 Å². The number of fused-ring (bicyclic) bond motifs is 3. The standard InChI is InChI=1S/C28H34ClN7O2.C28H33N7O2.C25H31N7O.C6H15N.CH2O3.I2.HI.2K.3H2.H/c1-34(2)14-15-35(3)25-17-26(38-5)23(16-22(25)31-27(37)10-12-29)33-28-30-13-11-21(32-28)20-18-36(4)24-9-7-6-8-19(20)24;1-7-27(36)30-22-16-23(26(37-6)17-25(22)34(4)15-14-33(2)3)32-28-29-13-12-21(31-28)20-18-35(5)24-11-9-8-10-19(20)24;1-30(2)12-13-31(3)23-15-24(33-5)21(14-19(23)26)29-25-27-11-10-20(28-25)18-16-32(4)22-9-7-6-8-17(18)22;1-4-7(5-2)6-3;2-1-4-3;1-2;;;;;;;/h6-9,11,13,16-18H,10,12,14-15H2,1-5H3,(H,31,37)(H,30,32,33);7-13,16-18H,1,14-15H2,2-6H3,(H,30,36)(H,29,31,32);6-11,14-16H,12-13,26H2,1-5H3,(H,27,28,29);4-6H2,1-3H3;1,3H;;1H;;;3*1H;/q;;;;;;;2*+1;;;;-1/p-1. The summed E-state index contributed by atoms with van der Waals surface area (Å²) >= 11 is 10.1. The molecule has 0 atom stereocenters. The molecule has 6 aromatic heterocycles. The number of para-hydroxylation sites is 3. The van der Waals surface area contributed by atoms with Crippen LogP contribution in [-0.4, -0.2) is 231 Å². The molecule has 7 N–H and O–H groups in total. The van der Waals surface area contributed by atoms with Crippen LogP contribution in [0, 0.1) is 0 Å². The molecule has 124 heavy (non-hydrogen) atoms. The summed E-state index contributed by atoms with van der Waals surface area (Å²) in [7, 11) is 29.1. The van der Waals surface area contributed by atoms with Gasteiger partial charge in [0.2, 0.25) is 29.7 Å². The molecule has 0 fully saturated rings. The first kappa shape index (κ1) is 109. The SMILES string of the molecule is C=CC(=O)Nc1cc(Nc2nccc(-c3cn(C)c4ccccc34)n2)c(OC)cc1N(C)CCN(C)C.CCN(CC)CC.COc1cc(N(C)CCN(C)C)c(N)cc1Nc1nccc(-c2cn(C)c3ccccc23)n1.COc1cc(N(C)CCN(C)C)c(NC(=O)CCCl)cc1Nc1nccc(-c2cn(C)c3ccccc23)n1.I.II.O=CO[O-].[H-].[HH].[HH].[HH].[K+].[K+]. The summed E-state index contributed by atoms with van der Waals surface area (Å²) in [6, 6.07) is 41.7. The van der Waals surface area contributed by atoms with Crippen LogP contribution in [0.15, 0.2) is 177 Å². The minimum atomic E-state index is -0.299. The van der Waals surface area contributed by atoms with E-state index in [2.05, 4.69) is 228 Å². The summed E-state index contributed by atoms with van der Waals surface area (Å²) in [5.74, 6) is 2.97. The molecule has 12 rings (SSSR count). The average Bonchev–Trinajstić information content (AvgIpc) is 1.60. The van der Waals surface area contributed by atoms with Gasteiger partial charge in [-0.05, 0) is 123 Å². The number of halogens is 4. The van der Waals surface area contributed by atoms with Crippen molar-refractivity contribution in [3.8, 4) is 51.0 Å². The Kier molecular flexibility index (Phi) is 49.5. The molecule has 0 aliphatic rings. The number of rotatable bonds is 33. The second-order valence-corrected chi connectivity index (χ2v) is 29.0. The number of aromatic nitrogens is 9. The average molecular weight is 2110 g/mol. The number of nitrogens with zero attached hydrogens (tertiary/aromatic N) is 16. The number of nitrogen functional groups attached to an aromatic ring is 1. The molecule has 6 heterocycles. The maximum Gasteiger partial charge on any atom is 1.00 e. The van der Waals surface area contributed by atoms with E-state index in [1.54, 1.807) is 39.9 Å². The van der Waals surface area contributed by atoms with Gasteiger partial charge < -0.3 is 106 Å². The molecule has 0 bridgehead atoms. The zero-order valence-electron chi connectivity index (χ0n) is 75.8. The van der Waals surface area contributed by atoms with Crippen LogP contribution in [0.5, 0.6) is 17.2 Å². The Hall–Kier alpha value is -7.12. The molecule has 0 aliphatic carbocycles. The third-order valence-electron chi connectivity index (χ3n) is 19.5. The quantitative estimate of drug-likeness (QED) is 0.00325. The van der Waals surface area contributed by atoms with Crippen molar-refractivity contribution in [3.05, 3.63) is 177 Å². The van der Waals surface area contributed by atoms with Crippen molar-refractivity contribution < 1.29 is 147 Å². The van der Waals surface area contributed by atoms with Crippen LogP contribution in [0.3, 0.4) is 0 Å². The third kappa shape index (κ3) is 31.7. The van der Waals surface area contributed by atoms with Crippen LogP contribution in [0.1, 0.15) is 32.9 Å². The number of anilines is 12. The maximum absolute atomic E-state index is 12.5. The zero-order valence-corrected chi connectivity index (χ0v) is 88.4. The number of alkyl halides is 1. The van der Waals surface area contributed by atoms with Gasteiger partial charge in [0.15, 0.2) is 0 Å². The molecule has 0 aliphatic heterocycles. The number of nitrogens with two attached hydrogens (primary N) is 1. The fourth-order valence-electron chi connectivity index (χ4n) is 13.0. The zero-order chi connectivity index (χ0) is 88.4. The first-order chi connectivity index (χ1) is 58.2. The van der Waals surface area contributed by atoms with Crippen molar-refractivity contribution in [1.29, 1.82) is 0 Å². The van der Waals surface area contributed by atoms with Crippen molar-refractivity contribution in [2.24, 2.45) is 21.1 Å². The monoisotopic (exact) mass is 2110 g/mol. The van der Waals surface area contributed by atoms with Gasteiger partial charge in [0.05, 0.1) is 89.6 Å². The molecule has 0 radical (unpaired) electrons. The minimum Gasteiger partial charge on any atom is -1.00 e. The van der Waals surface area contributed by atoms with Gasteiger partial charge in [0, 0.05) is 240 Å². The van der Waals surface area contributed by atoms with Gasteiger partial charge in [-0.3, -0.25) is 14.4 Å². The molecule has 0 spiro atoms. The van der Waals surface area contributed by atoms with Gasteiger partial charge in [-0.1, -0.05) is 81.9 Å². The van der Waals surface area contributed by atoms with Gasteiger partial charge in [0.1, 0.15) is 17.2 Å². The van der Waals surface area contributed by atoms with E-state index in [-0.39, 0.29) is 163 Å². The van der Waals surface area contributed by atoms with Gasteiger partial charge in [-0.25, -0.2) is 29.9 Å². The Morgan fingerprint density at radius 2 is 0.831 bits per heavy atom. The Bertz CT molecular complexity index is 5370. The topological polar surface area (TPSA) is 312 Å². The number of hydrogen-bond acceptors (Lipinski definition) is 25. The van der Waals surface area contributed by atoms with E-state index in [9.17, 15) is 9.59 Å². The number of nitrogens with one attached hydrogen (secondary N) is 5. The first-order valence-electron chi connectivity index (χ1n) is 39.0. The van der Waals surface area contributed by atoms with E-state index in [1.807, 2.05) is 161 Å². The number of carbonyl (C=O) groups excluding carboxylic acids is 3. The Morgan fingerprint density at radius 1 is 0.516 bits per heavy atom. The molecule has 6 aromatic carbocycles. The first-order valence-corrected chi connectivity index (χ1v) is 45.9. The number of likely N-dealkylation sites (N-methyl/N-ethyl adjacent to an activating group) is 6. The number of carbonyl (C=O) groups is 3. The number of methoxy groups -OCH3 is 3. The van der Waals surface area contributed by atoms with Crippen LogP contribution >= 0.6 is 72.8 Å². The maximum atomic E-state index is 12.5. The molecule has 2 amide bonds. The number of aryl methyl sites for hydroxylation is 3. The van der Waals surface area contributed by atoms with Gasteiger partial charge in [-0.2, -0.15) is 0 Å². The molecule has 30 nitrogen and oxygen atoms in total. The van der Waals surface area contributed by atoms with Crippen LogP contribution < -0.4 is 169 Å². The van der Waals surface area contributed by atoms with E-state index in [1.165, 1.54) is 25.7 Å². The predicted molar refractivity (Wildman–Crippen MR) is 535 cm³/mol. The van der Waals surface area contributed by atoms with Gasteiger partial charge >= 0.3 is 103 Å². The predicted octanol–water partition coefficient (Wildman–Crippen LogP) is 10.5. The normalized spacial score (nSPS) is 10.5. The molecule has 662 valence electrons. The molecular formula is C88H122ClI3K2N22O8. The second-order valence-electron chi connectivity index (χ2n) is 28.6. The number of ether oxygens (including phenoxy) is 3. The van der Waals surface area contributed by atoms with E-state index in [0.717, 1.165) is 128 Å². The fourth-order valence-corrected chi connectivity index (χ4v) is 13.1. The molecule has 12 aromatic rings. The van der Waals surface area contributed by atoms with Crippen LogP contribution in [0.2, 0.25) is 0 Å². The van der Waals surface area contributed by atoms with Crippen LogP contribution in [0.4, 0.5) is 69.0 Å². The fraction of sp³-hybridized carbons (Fsp3) is 0.330. The van der Waals surface area contributed by atoms with Crippen LogP contribution in [0.25, 0.3) is 66.5 Å². The largest absolute Gasteiger partial charge is 1.00 e. The summed E-state index contributed by atoms with van der Waals surface area (Å²) in [6.07, 6.45) is 12.9. The Labute approximate surface area is 865 Å². The minimum absolute atomic E-state index is 0. The van der Waals surface area contributed by atoms with Gasteiger partial charge in [0.25, 0.3) is 6.47 Å². The van der Waals surface area contributed by atoms with Crippen molar-refractivity contribution in [1.82, 2.24) is 63.2 Å². The molecule has 0 saturated heterocycles. The van der Waals surface area contributed by atoms with Gasteiger partial charge in [-0.15, -0.1) is 35.6 Å². The summed E-state index contributed by atoms with van der Waals surface area (Å²) in [5, 5.41) is 27.6. The number of hydrogen-bond donors (Lipinski definition) is 6. The molecule has 36 heteroatoms. The van der Waals surface area contributed by atoms with E-state index < -0.39 is 0 Å². The van der Waals surface area contributed by atoms with Crippen molar-refractivity contribution >= 4 is 193 Å².